The first kappa shape index (κ1) is 13.8. The first-order chi connectivity index (χ1) is 9.11. The third-order valence-electron chi connectivity index (χ3n) is 3.48. The van der Waals surface area contributed by atoms with Gasteiger partial charge in [-0.15, -0.1) is 6.58 Å². The summed E-state index contributed by atoms with van der Waals surface area (Å²) in [5, 5.41) is 0. The first-order valence-corrected chi connectivity index (χ1v) is 6.84. The Bertz CT molecular complexity index is 448. The van der Waals surface area contributed by atoms with Crippen molar-refractivity contribution >= 4 is 5.91 Å². The van der Waals surface area contributed by atoms with Gasteiger partial charge in [0.25, 0.3) is 0 Å². The minimum atomic E-state index is -0.455. The molecule has 3 nitrogen and oxygen atoms in total. The van der Waals surface area contributed by atoms with Gasteiger partial charge in [0.1, 0.15) is 0 Å². The Morgan fingerprint density at radius 1 is 1.47 bits per heavy atom. The molecule has 0 heterocycles. The maximum atomic E-state index is 12.3. The van der Waals surface area contributed by atoms with Gasteiger partial charge in [-0.3, -0.25) is 4.79 Å². The molecular formula is C16H22N2O. The van der Waals surface area contributed by atoms with Crippen LogP contribution in [0.2, 0.25) is 0 Å². The Hall–Kier alpha value is -1.61. The Morgan fingerprint density at radius 3 is 2.63 bits per heavy atom. The Labute approximate surface area is 115 Å². The average molecular weight is 258 g/mol. The number of hydrogen-bond acceptors (Lipinski definition) is 2. The number of aryl methyl sites for hydroxylation is 1. The molecule has 1 unspecified atom stereocenters. The molecule has 1 aromatic rings. The molecule has 0 bridgehead atoms. The molecule has 0 spiro atoms. The van der Waals surface area contributed by atoms with Gasteiger partial charge in [0.15, 0.2) is 0 Å². The van der Waals surface area contributed by atoms with Gasteiger partial charge in [-0.1, -0.05) is 35.9 Å². The van der Waals surface area contributed by atoms with Crippen molar-refractivity contribution in [3.63, 3.8) is 0 Å². The molecule has 1 atom stereocenters. The lowest BCUT2D eigenvalue weighted by atomic mass is 10.1. The van der Waals surface area contributed by atoms with Gasteiger partial charge >= 0.3 is 0 Å². The predicted octanol–water partition coefficient (Wildman–Crippen LogP) is 2.39. The van der Waals surface area contributed by atoms with E-state index in [0.29, 0.717) is 19.0 Å². The highest BCUT2D eigenvalue weighted by molar-refractivity contribution is 5.82. The fourth-order valence-electron chi connectivity index (χ4n) is 2.16. The first-order valence-electron chi connectivity index (χ1n) is 6.84. The van der Waals surface area contributed by atoms with Crippen LogP contribution < -0.4 is 5.73 Å². The van der Waals surface area contributed by atoms with E-state index in [4.69, 9.17) is 5.73 Å². The summed E-state index contributed by atoms with van der Waals surface area (Å²) in [6.07, 6.45) is 4.44. The van der Waals surface area contributed by atoms with Gasteiger partial charge in [-0.25, -0.2) is 0 Å². The SMILES string of the molecule is C=CCC(N)C(=O)N(Cc1ccc(C)cc1)C1CC1. The fourth-order valence-corrected chi connectivity index (χ4v) is 2.16. The predicted molar refractivity (Wildman–Crippen MR) is 77.5 cm³/mol. The summed E-state index contributed by atoms with van der Waals surface area (Å²) in [7, 11) is 0. The van der Waals surface area contributed by atoms with E-state index < -0.39 is 6.04 Å². The Morgan fingerprint density at radius 2 is 2.11 bits per heavy atom. The van der Waals surface area contributed by atoms with E-state index in [0.717, 1.165) is 18.4 Å². The molecule has 1 saturated carbocycles. The monoisotopic (exact) mass is 258 g/mol. The summed E-state index contributed by atoms with van der Waals surface area (Å²) in [4.78, 5) is 14.3. The van der Waals surface area contributed by atoms with Crippen molar-refractivity contribution in [1.82, 2.24) is 4.90 Å². The van der Waals surface area contributed by atoms with Crippen LogP contribution >= 0.6 is 0 Å². The second-order valence-electron chi connectivity index (χ2n) is 5.31. The van der Waals surface area contributed by atoms with Crippen LogP contribution in [0.1, 0.15) is 30.4 Å². The lowest BCUT2D eigenvalue weighted by Crippen LogP contribution is -2.44. The summed E-state index contributed by atoms with van der Waals surface area (Å²) in [5.41, 5.74) is 8.31. The van der Waals surface area contributed by atoms with Crippen molar-refractivity contribution in [2.45, 2.75) is 44.8 Å². The van der Waals surface area contributed by atoms with E-state index in [-0.39, 0.29) is 5.91 Å². The lowest BCUT2D eigenvalue weighted by Gasteiger charge is -2.25. The number of carbonyl (C=O) groups excluding carboxylic acids is 1. The van der Waals surface area contributed by atoms with E-state index in [9.17, 15) is 4.79 Å². The van der Waals surface area contributed by atoms with Gasteiger partial charge in [0.2, 0.25) is 5.91 Å². The number of nitrogens with two attached hydrogens (primary N) is 1. The minimum Gasteiger partial charge on any atom is -0.334 e. The maximum absolute atomic E-state index is 12.3. The molecule has 1 aromatic carbocycles. The quantitative estimate of drug-likeness (QED) is 0.796. The van der Waals surface area contributed by atoms with Crippen LogP contribution in [0.5, 0.6) is 0 Å². The van der Waals surface area contributed by atoms with Crippen molar-refractivity contribution in [3.8, 4) is 0 Å². The molecule has 1 aliphatic rings. The molecule has 2 rings (SSSR count). The lowest BCUT2D eigenvalue weighted by molar-refractivity contribution is -0.133. The number of nitrogens with zero attached hydrogens (tertiary/aromatic N) is 1. The van der Waals surface area contributed by atoms with E-state index in [1.54, 1.807) is 6.08 Å². The summed E-state index contributed by atoms with van der Waals surface area (Å²) in [6, 6.07) is 8.24. The summed E-state index contributed by atoms with van der Waals surface area (Å²) in [6.45, 7) is 6.37. The van der Waals surface area contributed by atoms with Crippen molar-refractivity contribution in [1.29, 1.82) is 0 Å². The van der Waals surface area contributed by atoms with Crippen molar-refractivity contribution in [2.75, 3.05) is 0 Å². The van der Waals surface area contributed by atoms with Crippen molar-refractivity contribution < 1.29 is 4.79 Å². The van der Waals surface area contributed by atoms with Gasteiger partial charge in [0, 0.05) is 12.6 Å². The highest BCUT2D eigenvalue weighted by Crippen LogP contribution is 2.29. The number of hydrogen-bond donors (Lipinski definition) is 1. The number of amides is 1. The minimum absolute atomic E-state index is 0.0444. The molecule has 0 aromatic heterocycles. The van der Waals surface area contributed by atoms with E-state index in [1.807, 2.05) is 4.90 Å². The third-order valence-corrected chi connectivity index (χ3v) is 3.48. The molecule has 3 heteroatoms. The fraction of sp³-hybridized carbons (Fsp3) is 0.438. The summed E-state index contributed by atoms with van der Waals surface area (Å²) < 4.78 is 0. The highest BCUT2D eigenvalue weighted by Gasteiger charge is 2.34. The van der Waals surface area contributed by atoms with Crippen LogP contribution in [0.4, 0.5) is 0 Å². The van der Waals surface area contributed by atoms with Crippen molar-refractivity contribution in [3.05, 3.63) is 48.0 Å². The zero-order valence-corrected chi connectivity index (χ0v) is 11.5. The molecule has 1 amide bonds. The van der Waals surface area contributed by atoms with E-state index in [2.05, 4.69) is 37.8 Å². The molecule has 2 N–H and O–H groups in total. The number of rotatable bonds is 6. The van der Waals surface area contributed by atoms with Gasteiger partial charge < -0.3 is 10.6 Å². The van der Waals surface area contributed by atoms with Crippen LogP contribution in [0.15, 0.2) is 36.9 Å². The molecular weight excluding hydrogens is 236 g/mol. The average Bonchev–Trinajstić information content (AvgIpc) is 3.22. The van der Waals surface area contributed by atoms with Crippen molar-refractivity contribution in [2.24, 2.45) is 5.73 Å². The second kappa shape index (κ2) is 6.02. The van der Waals surface area contributed by atoms with Crippen LogP contribution in [-0.2, 0) is 11.3 Å². The third kappa shape index (κ3) is 3.67. The molecule has 19 heavy (non-hydrogen) atoms. The number of benzene rings is 1. The zero-order valence-electron chi connectivity index (χ0n) is 11.5. The zero-order chi connectivity index (χ0) is 13.8. The molecule has 0 aliphatic heterocycles. The topological polar surface area (TPSA) is 46.3 Å². The molecule has 0 radical (unpaired) electrons. The molecule has 1 aliphatic carbocycles. The largest absolute Gasteiger partial charge is 0.334 e. The van der Waals surface area contributed by atoms with Gasteiger partial charge in [-0.05, 0) is 31.7 Å². The van der Waals surface area contributed by atoms with Crippen LogP contribution in [0.25, 0.3) is 0 Å². The second-order valence-corrected chi connectivity index (χ2v) is 5.31. The molecule has 102 valence electrons. The van der Waals surface area contributed by atoms with Crippen LogP contribution in [-0.4, -0.2) is 22.9 Å². The highest BCUT2D eigenvalue weighted by atomic mass is 16.2. The van der Waals surface area contributed by atoms with Gasteiger partial charge in [-0.2, -0.15) is 0 Å². The standard InChI is InChI=1S/C16H22N2O/c1-3-4-15(17)16(19)18(14-9-10-14)11-13-7-5-12(2)6-8-13/h3,5-8,14-15H,1,4,9-11,17H2,2H3. The molecule has 0 saturated heterocycles. The van der Waals surface area contributed by atoms with Crippen LogP contribution in [0, 0.1) is 6.92 Å². The van der Waals surface area contributed by atoms with Crippen LogP contribution in [0.3, 0.4) is 0 Å². The summed E-state index contributed by atoms with van der Waals surface area (Å²) in [5.74, 6) is 0.0444. The molecule has 1 fully saturated rings. The summed E-state index contributed by atoms with van der Waals surface area (Å²) >= 11 is 0. The maximum Gasteiger partial charge on any atom is 0.240 e. The van der Waals surface area contributed by atoms with Gasteiger partial charge in [0.05, 0.1) is 6.04 Å². The number of carbonyl (C=O) groups is 1. The Balaban J connectivity index is 2.05. The van der Waals surface area contributed by atoms with E-state index >= 15 is 0 Å². The van der Waals surface area contributed by atoms with E-state index in [1.165, 1.54) is 5.56 Å². The Kier molecular flexibility index (Phi) is 4.38. The smallest absolute Gasteiger partial charge is 0.240 e. The normalized spacial score (nSPS) is 15.9.